The first-order valence-corrected chi connectivity index (χ1v) is 7.95. The second-order valence-corrected chi connectivity index (χ2v) is 6.23. The summed E-state index contributed by atoms with van der Waals surface area (Å²) >= 11 is 6.09. The summed E-state index contributed by atoms with van der Waals surface area (Å²) in [6, 6.07) is 7.47. The van der Waals surface area contributed by atoms with Gasteiger partial charge < -0.3 is 4.74 Å². The van der Waals surface area contributed by atoms with Gasteiger partial charge in [0, 0.05) is 5.02 Å². The van der Waals surface area contributed by atoms with E-state index in [0.717, 1.165) is 16.8 Å². The number of ether oxygens (including phenoxy) is 1. The minimum atomic E-state index is -0.505. The summed E-state index contributed by atoms with van der Waals surface area (Å²) in [6.07, 6.45) is -0.226. The fraction of sp³-hybridized carbons (Fsp3) is 0.294. The van der Waals surface area contributed by atoms with Gasteiger partial charge >= 0.3 is 5.97 Å². The van der Waals surface area contributed by atoms with Crippen molar-refractivity contribution in [3.63, 3.8) is 0 Å². The Hall–Kier alpha value is -2.47. The normalized spacial score (nSPS) is 11.2. The molecule has 1 aromatic carbocycles. The van der Waals surface area contributed by atoms with Gasteiger partial charge in [0.05, 0.1) is 23.1 Å². The summed E-state index contributed by atoms with van der Waals surface area (Å²) < 4.78 is 6.82. The molecule has 2 heterocycles. The minimum Gasteiger partial charge on any atom is -0.458 e. The van der Waals surface area contributed by atoms with Gasteiger partial charge in [-0.25, -0.2) is 9.31 Å². The largest absolute Gasteiger partial charge is 0.458 e. The number of aryl methyl sites for hydroxylation is 2. The van der Waals surface area contributed by atoms with Crippen LogP contribution in [0.5, 0.6) is 0 Å². The molecule has 0 bridgehead atoms. The zero-order chi connectivity index (χ0) is 17.4. The van der Waals surface area contributed by atoms with Crippen LogP contribution in [0.15, 0.2) is 24.3 Å². The maximum Gasteiger partial charge on any atom is 0.361 e. The molecule has 0 fully saturated rings. The molecule has 6 nitrogen and oxygen atoms in total. The number of esters is 1. The molecule has 2 aromatic heterocycles. The van der Waals surface area contributed by atoms with Crippen molar-refractivity contribution in [3.05, 3.63) is 46.4 Å². The molecular weight excluding hydrogens is 328 g/mol. The average molecular weight is 345 g/mol. The standard InChI is InChI=1S/C17H17ClN4O2/c1-9(2)24-17(23)15-11(4)22-16(20-19-15)14(10(3)21-22)12-6-5-7-13(18)8-12/h5-9H,1-4H3. The minimum absolute atomic E-state index is 0.163. The van der Waals surface area contributed by atoms with Crippen molar-refractivity contribution in [2.45, 2.75) is 33.8 Å². The Labute approximate surface area is 144 Å². The molecule has 124 valence electrons. The average Bonchev–Trinajstić information content (AvgIpc) is 2.84. The van der Waals surface area contributed by atoms with E-state index < -0.39 is 5.97 Å². The lowest BCUT2D eigenvalue weighted by Gasteiger charge is -2.09. The number of hydrogen-bond donors (Lipinski definition) is 0. The zero-order valence-corrected chi connectivity index (χ0v) is 14.6. The van der Waals surface area contributed by atoms with Crippen molar-refractivity contribution in [1.82, 2.24) is 19.8 Å². The summed E-state index contributed by atoms with van der Waals surface area (Å²) in [5.41, 5.74) is 3.86. The third-order valence-corrected chi connectivity index (χ3v) is 3.83. The van der Waals surface area contributed by atoms with Gasteiger partial charge in [-0.15, -0.1) is 10.2 Å². The summed E-state index contributed by atoms with van der Waals surface area (Å²) in [7, 11) is 0. The number of carbonyl (C=O) groups excluding carboxylic acids is 1. The molecule has 0 aliphatic heterocycles. The van der Waals surface area contributed by atoms with Crippen molar-refractivity contribution in [2.24, 2.45) is 0 Å². The third-order valence-electron chi connectivity index (χ3n) is 3.59. The summed E-state index contributed by atoms with van der Waals surface area (Å²) in [5, 5.41) is 13.4. The molecule has 0 aliphatic rings. The first kappa shape index (κ1) is 16.4. The van der Waals surface area contributed by atoms with Crippen LogP contribution in [0.25, 0.3) is 16.8 Å². The van der Waals surface area contributed by atoms with Gasteiger partial charge in [0.15, 0.2) is 11.3 Å². The molecule has 0 radical (unpaired) electrons. The maximum atomic E-state index is 12.1. The molecular formula is C17H17ClN4O2. The van der Waals surface area contributed by atoms with Gasteiger partial charge in [0.1, 0.15) is 0 Å². The van der Waals surface area contributed by atoms with E-state index in [-0.39, 0.29) is 11.8 Å². The first-order valence-electron chi connectivity index (χ1n) is 7.58. The Morgan fingerprint density at radius 2 is 2.00 bits per heavy atom. The number of aromatic nitrogens is 4. The Morgan fingerprint density at radius 3 is 2.67 bits per heavy atom. The Kier molecular flexibility index (Phi) is 4.24. The second-order valence-electron chi connectivity index (χ2n) is 5.79. The highest BCUT2D eigenvalue weighted by Crippen LogP contribution is 2.29. The lowest BCUT2D eigenvalue weighted by atomic mass is 10.1. The number of nitrogens with zero attached hydrogens (tertiary/aromatic N) is 4. The molecule has 0 amide bonds. The number of benzene rings is 1. The van der Waals surface area contributed by atoms with E-state index in [1.807, 2.05) is 31.2 Å². The molecule has 0 spiro atoms. The molecule has 3 aromatic rings. The molecule has 0 saturated carbocycles. The predicted molar refractivity (Wildman–Crippen MR) is 91.3 cm³/mol. The van der Waals surface area contributed by atoms with Crippen LogP contribution < -0.4 is 0 Å². The highest BCUT2D eigenvalue weighted by atomic mass is 35.5. The molecule has 0 aliphatic carbocycles. The van der Waals surface area contributed by atoms with Crippen LogP contribution in [-0.2, 0) is 4.74 Å². The van der Waals surface area contributed by atoms with Crippen molar-refractivity contribution >= 4 is 23.2 Å². The monoisotopic (exact) mass is 344 g/mol. The fourth-order valence-corrected chi connectivity index (χ4v) is 2.74. The highest BCUT2D eigenvalue weighted by molar-refractivity contribution is 6.30. The lowest BCUT2D eigenvalue weighted by molar-refractivity contribution is 0.0367. The van der Waals surface area contributed by atoms with E-state index in [0.29, 0.717) is 16.4 Å². The van der Waals surface area contributed by atoms with Crippen LogP contribution >= 0.6 is 11.6 Å². The van der Waals surface area contributed by atoms with E-state index in [2.05, 4.69) is 15.3 Å². The van der Waals surface area contributed by atoms with Crippen molar-refractivity contribution in [3.8, 4) is 11.1 Å². The first-order chi connectivity index (χ1) is 11.4. The van der Waals surface area contributed by atoms with Gasteiger partial charge in [-0.3, -0.25) is 0 Å². The lowest BCUT2D eigenvalue weighted by Crippen LogP contribution is -2.17. The van der Waals surface area contributed by atoms with Gasteiger partial charge in [0.25, 0.3) is 0 Å². The van der Waals surface area contributed by atoms with Crippen molar-refractivity contribution in [1.29, 1.82) is 0 Å². The van der Waals surface area contributed by atoms with Gasteiger partial charge in [-0.2, -0.15) is 5.10 Å². The Balaban J connectivity index is 2.17. The van der Waals surface area contributed by atoms with Crippen LogP contribution in [0.3, 0.4) is 0 Å². The highest BCUT2D eigenvalue weighted by Gasteiger charge is 2.21. The van der Waals surface area contributed by atoms with Crippen LogP contribution in [0.4, 0.5) is 0 Å². The van der Waals surface area contributed by atoms with E-state index in [4.69, 9.17) is 16.3 Å². The van der Waals surface area contributed by atoms with E-state index in [1.54, 1.807) is 25.3 Å². The van der Waals surface area contributed by atoms with Crippen LogP contribution in [0.2, 0.25) is 5.02 Å². The summed E-state index contributed by atoms with van der Waals surface area (Å²) in [5.74, 6) is -0.505. The van der Waals surface area contributed by atoms with E-state index in [9.17, 15) is 4.79 Å². The molecule has 0 N–H and O–H groups in total. The summed E-state index contributed by atoms with van der Waals surface area (Å²) in [4.78, 5) is 12.1. The predicted octanol–water partition coefficient (Wildman–Crippen LogP) is 3.63. The molecule has 7 heteroatoms. The molecule has 3 rings (SSSR count). The van der Waals surface area contributed by atoms with Gasteiger partial charge in [-0.05, 0) is 45.4 Å². The SMILES string of the molecule is Cc1nn2c(C)c(C(=O)OC(C)C)nnc2c1-c1cccc(Cl)c1. The number of hydrogen-bond acceptors (Lipinski definition) is 5. The fourth-order valence-electron chi connectivity index (χ4n) is 2.55. The third kappa shape index (κ3) is 2.85. The van der Waals surface area contributed by atoms with E-state index >= 15 is 0 Å². The molecule has 0 unspecified atom stereocenters. The van der Waals surface area contributed by atoms with Gasteiger partial charge in [0.2, 0.25) is 0 Å². The van der Waals surface area contributed by atoms with Crippen LogP contribution in [-0.4, -0.2) is 31.9 Å². The van der Waals surface area contributed by atoms with Gasteiger partial charge in [-0.1, -0.05) is 23.7 Å². The van der Waals surface area contributed by atoms with Crippen molar-refractivity contribution in [2.75, 3.05) is 0 Å². The number of fused-ring (bicyclic) bond motifs is 1. The Bertz CT molecular complexity index is 934. The van der Waals surface area contributed by atoms with Crippen LogP contribution in [0, 0.1) is 13.8 Å². The topological polar surface area (TPSA) is 69.4 Å². The van der Waals surface area contributed by atoms with Crippen LogP contribution in [0.1, 0.15) is 35.7 Å². The maximum absolute atomic E-state index is 12.1. The zero-order valence-electron chi connectivity index (χ0n) is 13.9. The summed E-state index contributed by atoms with van der Waals surface area (Å²) in [6.45, 7) is 7.23. The van der Waals surface area contributed by atoms with E-state index in [1.165, 1.54) is 0 Å². The quantitative estimate of drug-likeness (QED) is 0.678. The number of halogens is 1. The number of rotatable bonds is 3. The Morgan fingerprint density at radius 1 is 1.25 bits per heavy atom. The smallest absolute Gasteiger partial charge is 0.361 e. The molecule has 24 heavy (non-hydrogen) atoms. The number of carbonyl (C=O) groups is 1. The van der Waals surface area contributed by atoms with Crippen molar-refractivity contribution < 1.29 is 9.53 Å². The second kappa shape index (κ2) is 6.20. The molecule has 0 saturated heterocycles. The molecule has 0 atom stereocenters.